The van der Waals surface area contributed by atoms with E-state index in [0.717, 1.165) is 6.54 Å². The highest BCUT2D eigenvalue weighted by atomic mass is 15.1. The molecule has 0 aromatic heterocycles. The first-order valence-corrected chi connectivity index (χ1v) is 8.51. The number of hydrogen-bond acceptors (Lipinski definition) is 3. The van der Waals surface area contributed by atoms with Gasteiger partial charge in [-0.1, -0.05) is 25.7 Å². The number of hydrogen-bond donors (Lipinski definition) is 3. The molecule has 1 heterocycles. The van der Waals surface area contributed by atoms with Gasteiger partial charge in [0.2, 0.25) is 0 Å². The van der Waals surface area contributed by atoms with E-state index in [9.17, 15) is 0 Å². The van der Waals surface area contributed by atoms with E-state index in [0.29, 0.717) is 12.0 Å². The van der Waals surface area contributed by atoms with Crippen molar-refractivity contribution in [2.45, 2.75) is 96.2 Å². The van der Waals surface area contributed by atoms with E-state index in [1.54, 1.807) is 0 Å². The normalized spacial score (nSPS) is 23.7. The van der Waals surface area contributed by atoms with Crippen molar-refractivity contribution in [3.8, 4) is 0 Å². The SMILES string of the molecule is CC1(C)CC(C(N)CCCCCCCN)CC(C)(C)N1. The second kappa shape index (κ2) is 7.77. The number of rotatable bonds is 8. The number of piperidine rings is 1. The van der Waals surface area contributed by atoms with Gasteiger partial charge in [0.15, 0.2) is 0 Å². The third-order valence-corrected chi connectivity index (χ3v) is 4.57. The van der Waals surface area contributed by atoms with Crippen molar-refractivity contribution in [3.63, 3.8) is 0 Å². The fraction of sp³-hybridized carbons (Fsp3) is 1.00. The summed E-state index contributed by atoms with van der Waals surface area (Å²) in [6, 6.07) is 0.366. The summed E-state index contributed by atoms with van der Waals surface area (Å²) in [6.07, 6.45) is 9.92. The quantitative estimate of drug-likeness (QED) is 0.600. The maximum atomic E-state index is 6.48. The van der Waals surface area contributed by atoms with Crippen molar-refractivity contribution in [3.05, 3.63) is 0 Å². The lowest BCUT2D eigenvalue weighted by Crippen LogP contribution is -2.60. The molecular formula is C17H37N3. The Morgan fingerprint density at radius 1 is 0.950 bits per heavy atom. The van der Waals surface area contributed by atoms with Gasteiger partial charge in [-0.2, -0.15) is 0 Å². The van der Waals surface area contributed by atoms with Crippen LogP contribution >= 0.6 is 0 Å². The topological polar surface area (TPSA) is 64.1 Å². The molecular weight excluding hydrogens is 246 g/mol. The van der Waals surface area contributed by atoms with Crippen LogP contribution in [0.25, 0.3) is 0 Å². The molecule has 1 fully saturated rings. The maximum absolute atomic E-state index is 6.48. The summed E-state index contributed by atoms with van der Waals surface area (Å²) in [7, 11) is 0. The van der Waals surface area contributed by atoms with Crippen molar-refractivity contribution >= 4 is 0 Å². The number of unbranched alkanes of at least 4 members (excludes halogenated alkanes) is 4. The van der Waals surface area contributed by atoms with Gasteiger partial charge in [-0.15, -0.1) is 0 Å². The molecule has 0 aromatic carbocycles. The van der Waals surface area contributed by atoms with Crippen LogP contribution in [-0.4, -0.2) is 23.7 Å². The zero-order valence-corrected chi connectivity index (χ0v) is 14.2. The number of nitrogens with two attached hydrogens (primary N) is 2. The summed E-state index contributed by atoms with van der Waals surface area (Å²) in [5.41, 5.74) is 12.4. The highest BCUT2D eigenvalue weighted by Crippen LogP contribution is 2.35. The molecule has 0 spiro atoms. The van der Waals surface area contributed by atoms with Crippen molar-refractivity contribution in [1.29, 1.82) is 0 Å². The average molecular weight is 284 g/mol. The molecule has 1 aliphatic rings. The summed E-state index contributed by atoms with van der Waals surface area (Å²) in [4.78, 5) is 0. The van der Waals surface area contributed by atoms with Gasteiger partial charge < -0.3 is 16.8 Å². The highest BCUT2D eigenvalue weighted by Gasteiger charge is 2.39. The molecule has 1 unspecified atom stereocenters. The van der Waals surface area contributed by atoms with Crippen LogP contribution in [0.5, 0.6) is 0 Å². The number of nitrogens with one attached hydrogen (secondary N) is 1. The van der Waals surface area contributed by atoms with E-state index in [4.69, 9.17) is 11.5 Å². The summed E-state index contributed by atoms with van der Waals surface area (Å²) in [6.45, 7) is 10.1. The summed E-state index contributed by atoms with van der Waals surface area (Å²) < 4.78 is 0. The van der Waals surface area contributed by atoms with Gasteiger partial charge in [-0.25, -0.2) is 0 Å². The largest absolute Gasteiger partial charge is 0.330 e. The van der Waals surface area contributed by atoms with Crippen LogP contribution in [0, 0.1) is 5.92 Å². The molecule has 0 saturated carbocycles. The molecule has 0 aliphatic carbocycles. The summed E-state index contributed by atoms with van der Waals surface area (Å²) in [5, 5.41) is 3.74. The van der Waals surface area contributed by atoms with Crippen molar-refractivity contribution in [1.82, 2.24) is 5.32 Å². The van der Waals surface area contributed by atoms with E-state index >= 15 is 0 Å². The van der Waals surface area contributed by atoms with E-state index in [1.807, 2.05) is 0 Å². The predicted molar refractivity (Wildman–Crippen MR) is 88.7 cm³/mol. The predicted octanol–water partition coefficient (Wildman–Crippen LogP) is 3.17. The van der Waals surface area contributed by atoms with Crippen LogP contribution in [0.2, 0.25) is 0 Å². The molecule has 1 rings (SSSR count). The van der Waals surface area contributed by atoms with Crippen LogP contribution < -0.4 is 16.8 Å². The average Bonchev–Trinajstić information content (AvgIpc) is 2.29. The second-order valence-electron chi connectivity index (χ2n) is 8.07. The van der Waals surface area contributed by atoms with Gasteiger partial charge in [-0.05, 0) is 65.8 Å². The molecule has 3 heteroatoms. The molecule has 0 aromatic rings. The van der Waals surface area contributed by atoms with E-state index in [1.165, 1.54) is 51.4 Å². The Morgan fingerprint density at radius 2 is 1.45 bits per heavy atom. The Bertz CT molecular complexity index is 257. The first-order chi connectivity index (χ1) is 9.26. The molecule has 1 atom stereocenters. The van der Waals surface area contributed by atoms with Gasteiger partial charge in [0.1, 0.15) is 0 Å². The van der Waals surface area contributed by atoms with Gasteiger partial charge in [0, 0.05) is 17.1 Å². The van der Waals surface area contributed by atoms with Gasteiger partial charge >= 0.3 is 0 Å². The Hall–Kier alpha value is -0.120. The van der Waals surface area contributed by atoms with E-state index < -0.39 is 0 Å². The molecule has 1 aliphatic heterocycles. The molecule has 3 nitrogen and oxygen atoms in total. The van der Waals surface area contributed by atoms with Gasteiger partial charge in [-0.3, -0.25) is 0 Å². The summed E-state index contributed by atoms with van der Waals surface area (Å²) in [5.74, 6) is 0.658. The Balaban J connectivity index is 2.30. The van der Waals surface area contributed by atoms with Crippen molar-refractivity contribution in [2.75, 3.05) is 6.54 Å². The van der Waals surface area contributed by atoms with E-state index in [-0.39, 0.29) is 11.1 Å². The minimum absolute atomic E-state index is 0.213. The lowest BCUT2D eigenvalue weighted by atomic mass is 9.72. The standard InChI is InChI=1S/C17H37N3/c1-16(2)12-14(13-17(3,4)20-16)15(19)10-8-6-5-7-9-11-18/h14-15,20H,5-13,18-19H2,1-4H3. The second-order valence-corrected chi connectivity index (χ2v) is 8.07. The molecule has 0 radical (unpaired) electrons. The maximum Gasteiger partial charge on any atom is 0.0133 e. The third kappa shape index (κ3) is 6.55. The molecule has 5 N–H and O–H groups in total. The first kappa shape index (κ1) is 17.9. The minimum atomic E-state index is 0.213. The molecule has 1 saturated heterocycles. The zero-order chi connectivity index (χ0) is 15.2. The highest BCUT2D eigenvalue weighted by molar-refractivity contribution is 4.99. The zero-order valence-electron chi connectivity index (χ0n) is 14.2. The fourth-order valence-electron chi connectivity index (χ4n) is 3.99. The van der Waals surface area contributed by atoms with E-state index in [2.05, 4.69) is 33.0 Å². The van der Waals surface area contributed by atoms with Gasteiger partial charge in [0.05, 0.1) is 0 Å². The first-order valence-electron chi connectivity index (χ1n) is 8.51. The molecule has 0 bridgehead atoms. The van der Waals surface area contributed by atoms with Crippen LogP contribution in [0.4, 0.5) is 0 Å². The fourth-order valence-corrected chi connectivity index (χ4v) is 3.99. The van der Waals surface area contributed by atoms with Crippen LogP contribution in [0.15, 0.2) is 0 Å². The summed E-state index contributed by atoms with van der Waals surface area (Å²) >= 11 is 0. The van der Waals surface area contributed by atoms with Crippen LogP contribution in [0.1, 0.15) is 79.1 Å². The monoisotopic (exact) mass is 283 g/mol. The van der Waals surface area contributed by atoms with Crippen LogP contribution in [-0.2, 0) is 0 Å². The lowest BCUT2D eigenvalue weighted by Gasteiger charge is -2.48. The Morgan fingerprint density at radius 3 is 2.00 bits per heavy atom. The van der Waals surface area contributed by atoms with Crippen molar-refractivity contribution in [2.24, 2.45) is 17.4 Å². The Kier molecular flexibility index (Phi) is 6.96. The van der Waals surface area contributed by atoms with Crippen molar-refractivity contribution < 1.29 is 0 Å². The minimum Gasteiger partial charge on any atom is -0.330 e. The third-order valence-electron chi connectivity index (χ3n) is 4.57. The lowest BCUT2D eigenvalue weighted by molar-refractivity contribution is 0.110. The van der Waals surface area contributed by atoms with Gasteiger partial charge in [0.25, 0.3) is 0 Å². The Labute approximate surface area is 126 Å². The molecule has 0 amide bonds. The molecule has 20 heavy (non-hydrogen) atoms. The molecule has 120 valence electrons. The smallest absolute Gasteiger partial charge is 0.0133 e. The van der Waals surface area contributed by atoms with Crippen LogP contribution in [0.3, 0.4) is 0 Å².